The van der Waals surface area contributed by atoms with Crippen molar-refractivity contribution in [2.75, 3.05) is 11.5 Å². The van der Waals surface area contributed by atoms with Crippen molar-refractivity contribution in [3.05, 3.63) is 0 Å². The molecule has 0 bridgehead atoms. The Bertz CT molecular complexity index is 386. The van der Waals surface area contributed by atoms with E-state index < -0.39 is 21.9 Å². The third kappa shape index (κ3) is 3.60. The molecule has 0 aromatic heterocycles. The van der Waals surface area contributed by atoms with Crippen LogP contribution in [-0.2, 0) is 9.84 Å². The summed E-state index contributed by atoms with van der Waals surface area (Å²) in [5.74, 6) is -0.850. The van der Waals surface area contributed by atoms with Crippen molar-refractivity contribution >= 4 is 9.84 Å². The van der Waals surface area contributed by atoms with Crippen LogP contribution in [0.1, 0.15) is 32.1 Å². The largest absolute Gasteiger partial charge is 0.391 e. The summed E-state index contributed by atoms with van der Waals surface area (Å²) in [7, 11) is -2.92. The molecule has 0 radical (unpaired) electrons. The number of hydrogen-bond acceptors (Lipinski definition) is 3. The van der Waals surface area contributed by atoms with Gasteiger partial charge in [-0.1, -0.05) is 0 Å². The molecule has 1 saturated carbocycles. The third-order valence-corrected chi connectivity index (χ3v) is 5.66. The van der Waals surface area contributed by atoms with Gasteiger partial charge in [-0.15, -0.1) is 0 Å². The van der Waals surface area contributed by atoms with Gasteiger partial charge in [-0.05, 0) is 32.1 Å². The number of alkyl halides is 3. The predicted molar refractivity (Wildman–Crippen MR) is 62.0 cm³/mol. The van der Waals surface area contributed by atoms with Crippen molar-refractivity contribution in [2.24, 2.45) is 5.92 Å². The van der Waals surface area contributed by atoms with Crippen LogP contribution in [0.5, 0.6) is 0 Å². The van der Waals surface area contributed by atoms with E-state index in [9.17, 15) is 21.6 Å². The average Bonchev–Trinajstić information content (AvgIpc) is 2.57. The number of hydrogen-bond donors (Lipinski definition) is 1. The lowest BCUT2D eigenvalue weighted by molar-refractivity contribution is -0.182. The summed E-state index contributed by atoms with van der Waals surface area (Å²) in [5.41, 5.74) is 0. The van der Waals surface area contributed by atoms with Gasteiger partial charge in [0.25, 0.3) is 0 Å². The van der Waals surface area contributed by atoms with Gasteiger partial charge in [0.1, 0.15) is 0 Å². The van der Waals surface area contributed by atoms with Crippen LogP contribution in [0.2, 0.25) is 0 Å². The van der Waals surface area contributed by atoms with Gasteiger partial charge in [-0.2, -0.15) is 13.2 Å². The van der Waals surface area contributed by atoms with Gasteiger partial charge < -0.3 is 5.32 Å². The molecular formula is C11H18F3NO2S. The molecule has 18 heavy (non-hydrogen) atoms. The molecule has 1 atom stereocenters. The Labute approximate surface area is 105 Å². The third-order valence-electron chi connectivity index (χ3n) is 3.89. The second-order valence-electron chi connectivity index (χ2n) is 5.36. The molecule has 2 aliphatic rings. The Hall–Kier alpha value is -0.300. The van der Waals surface area contributed by atoms with E-state index in [1.54, 1.807) is 0 Å². The number of halogens is 3. The Morgan fingerprint density at radius 3 is 2.00 bits per heavy atom. The average molecular weight is 285 g/mol. The minimum absolute atomic E-state index is 0.0434. The lowest BCUT2D eigenvalue weighted by atomic mass is 9.85. The quantitative estimate of drug-likeness (QED) is 0.842. The molecule has 0 amide bonds. The predicted octanol–water partition coefficient (Wildman–Crippen LogP) is 1.88. The molecule has 3 nitrogen and oxygen atoms in total. The van der Waals surface area contributed by atoms with Crippen LogP contribution in [0.4, 0.5) is 13.2 Å². The number of nitrogens with one attached hydrogen (secondary N) is 1. The first kappa shape index (κ1) is 14.1. The molecule has 0 aromatic rings. The minimum Gasteiger partial charge on any atom is -0.310 e. The van der Waals surface area contributed by atoms with E-state index in [4.69, 9.17) is 0 Å². The Kier molecular flexibility index (Phi) is 3.92. The lowest BCUT2D eigenvalue weighted by Crippen LogP contribution is -2.42. The highest BCUT2D eigenvalue weighted by atomic mass is 32.2. The van der Waals surface area contributed by atoms with Crippen LogP contribution >= 0.6 is 0 Å². The van der Waals surface area contributed by atoms with Gasteiger partial charge in [0.05, 0.1) is 17.4 Å². The van der Waals surface area contributed by atoms with Crippen LogP contribution in [-0.4, -0.2) is 38.2 Å². The van der Waals surface area contributed by atoms with E-state index in [0.717, 1.165) is 0 Å². The fourth-order valence-corrected chi connectivity index (χ4v) is 4.53. The molecular weight excluding hydrogens is 267 g/mol. The Morgan fingerprint density at radius 2 is 1.56 bits per heavy atom. The van der Waals surface area contributed by atoms with Crippen molar-refractivity contribution in [1.82, 2.24) is 5.32 Å². The topological polar surface area (TPSA) is 46.2 Å². The summed E-state index contributed by atoms with van der Waals surface area (Å²) in [4.78, 5) is 0. The van der Waals surface area contributed by atoms with Gasteiger partial charge in [0.2, 0.25) is 0 Å². The van der Waals surface area contributed by atoms with Crippen molar-refractivity contribution in [1.29, 1.82) is 0 Å². The summed E-state index contributed by atoms with van der Waals surface area (Å²) in [6.07, 6.45) is -2.22. The van der Waals surface area contributed by atoms with E-state index in [1.807, 2.05) is 0 Å². The molecule has 106 valence electrons. The molecule has 1 N–H and O–H groups in total. The highest BCUT2D eigenvalue weighted by Gasteiger charge is 2.41. The molecule has 0 spiro atoms. The zero-order chi connectivity index (χ0) is 13.4. The summed E-state index contributed by atoms with van der Waals surface area (Å²) >= 11 is 0. The van der Waals surface area contributed by atoms with E-state index >= 15 is 0 Å². The SMILES string of the molecule is O=S1(=O)CCC(NC2CCC(C(F)(F)F)CC2)C1. The maximum absolute atomic E-state index is 12.5. The standard InChI is InChI=1S/C11H18F3NO2S/c12-11(13,14)8-1-3-9(4-2-8)15-10-5-6-18(16,17)7-10/h8-10,15H,1-7H2. The van der Waals surface area contributed by atoms with Gasteiger partial charge in [0, 0.05) is 12.1 Å². The first-order valence-electron chi connectivity index (χ1n) is 6.29. The zero-order valence-corrected chi connectivity index (χ0v) is 10.9. The molecule has 2 fully saturated rings. The van der Waals surface area contributed by atoms with E-state index in [-0.39, 0.29) is 36.4 Å². The van der Waals surface area contributed by atoms with Gasteiger partial charge in [0.15, 0.2) is 9.84 Å². The monoisotopic (exact) mass is 285 g/mol. The summed E-state index contributed by atoms with van der Waals surface area (Å²) in [5, 5.41) is 3.20. The lowest BCUT2D eigenvalue weighted by Gasteiger charge is -2.31. The van der Waals surface area contributed by atoms with E-state index in [2.05, 4.69) is 5.32 Å². The van der Waals surface area contributed by atoms with Gasteiger partial charge in [-0.3, -0.25) is 0 Å². The van der Waals surface area contributed by atoms with Crippen molar-refractivity contribution < 1.29 is 21.6 Å². The highest BCUT2D eigenvalue weighted by molar-refractivity contribution is 7.91. The fourth-order valence-electron chi connectivity index (χ4n) is 2.85. The van der Waals surface area contributed by atoms with Crippen LogP contribution in [0, 0.1) is 5.92 Å². The second kappa shape index (κ2) is 5.00. The van der Waals surface area contributed by atoms with Crippen LogP contribution in [0.3, 0.4) is 0 Å². The Balaban J connectivity index is 1.78. The van der Waals surface area contributed by atoms with Crippen LogP contribution in [0.15, 0.2) is 0 Å². The van der Waals surface area contributed by atoms with Crippen molar-refractivity contribution in [3.63, 3.8) is 0 Å². The molecule has 1 saturated heterocycles. The number of sulfone groups is 1. The van der Waals surface area contributed by atoms with E-state index in [0.29, 0.717) is 19.3 Å². The molecule has 2 rings (SSSR count). The van der Waals surface area contributed by atoms with Crippen molar-refractivity contribution in [2.45, 2.75) is 50.4 Å². The zero-order valence-electron chi connectivity index (χ0n) is 10.0. The normalized spacial score (nSPS) is 36.7. The van der Waals surface area contributed by atoms with Crippen LogP contribution < -0.4 is 5.32 Å². The molecule has 1 unspecified atom stereocenters. The van der Waals surface area contributed by atoms with Crippen LogP contribution in [0.25, 0.3) is 0 Å². The summed E-state index contributed by atoms with van der Waals surface area (Å²) < 4.78 is 60.0. The number of rotatable bonds is 2. The minimum atomic E-state index is -4.08. The van der Waals surface area contributed by atoms with E-state index in [1.165, 1.54) is 0 Å². The first-order chi connectivity index (χ1) is 8.26. The second-order valence-corrected chi connectivity index (χ2v) is 7.59. The molecule has 1 aliphatic carbocycles. The first-order valence-corrected chi connectivity index (χ1v) is 8.11. The van der Waals surface area contributed by atoms with Gasteiger partial charge in [-0.25, -0.2) is 8.42 Å². The van der Waals surface area contributed by atoms with Gasteiger partial charge >= 0.3 is 6.18 Å². The molecule has 0 aromatic carbocycles. The fraction of sp³-hybridized carbons (Fsp3) is 1.00. The molecule has 7 heteroatoms. The molecule has 1 heterocycles. The maximum atomic E-state index is 12.5. The summed E-state index contributed by atoms with van der Waals surface area (Å²) in [6.45, 7) is 0. The van der Waals surface area contributed by atoms with Crippen molar-refractivity contribution in [3.8, 4) is 0 Å². The maximum Gasteiger partial charge on any atom is 0.391 e. The highest BCUT2D eigenvalue weighted by Crippen LogP contribution is 2.37. The smallest absolute Gasteiger partial charge is 0.310 e. The Morgan fingerprint density at radius 1 is 0.944 bits per heavy atom. The summed E-state index contributed by atoms with van der Waals surface area (Å²) in [6, 6.07) is -0.0238. The molecule has 1 aliphatic heterocycles.